The molecular formula is C6H13NO4S. The number of rotatable bonds is 5. The molecule has 0 aromatic heterocycles. The summed E-state index contributed by atoms with van der Waals surface area (Å²) >= 11 is 0. The van der Waals surface area contributed by atoms with Crippen molar-refractivity contribution in [2.45, 2.75) is 19.9 Å². The monoisotopic (exact) mass is 195 g/mol. The van der Waals surface area contributed by atoms with Gasteiger partial charge in [-0.25, -0.2) is 0 Å². The lowest BCUT2D eigenvalue weighted by Gasteiger charge is -2.21. The Hall–Kier alpha value is -0.460. The third kappa shape index (κ3) is 5.22. The van der Waals surface area contributed by atoms with E-state index in [4.69, 9.17) is 4.55 Å². The van der Waals surface area contributed by atoms with Crippen LogP contribution in [0.15, 0.2) is 0 Å². The Balaban J connectivity index is 4.23. The molecule has 0 bridgehead atoms. The average molecular weight is 195 g/mol. The van der Waals surface area contributed by atoms with E-state index in [1.165, 1.54) is 4.90 Å². The zero-order valence-electron chi connectivity index (χ0n) is 7.10. The minimum atomic E-state index is -4.02. The first kappa shape index (κ1) is 11.5. The molecule has 0 spiro atoms. The SMILES string of the molecule is CC(C)N(CC=O)CS(=O)(=O)O. The summed E-state index contributed by atoms with van der Waals surface area (Å²) < 4.78 is 29.3. The zero-order chi connectivity index (χ0) is 9.78. The Kier molecular flexibility index (Phi) is 4.36. The maximum absolute atomic E-state index is 10.4. The van der Waals surface area contributed by atoms with Crippen LogP contribution in [0.3, 0.4) is 0 Å². The topological polar surface area (TPSA) is 74.7 Å². The summed E-state index contributed by atoms with van der Waals surface area (Å²) in [6.45, 7) is 3.50. The molecule has 12 heavy (non-hydrogen) atoms. The molecule has 0 aromatic carbocycles. The van der Waals surface area contributed by atoms with Crippen LogP contribution >= 0.6 is 0 Å². The van der Waals surface area contributed by atoms with E-state index in [1.807, 2.05) is 0 Å². The predicted molar refractivity (Wildman–Crippen MR) is 44.3 cm³/mol. The van der Waals surface area contributed by atoms with Gasteiger partial charge in [-0.15, -0.1) is 0 Å². The van der Waals surface area contributed by atoms with Gasteiger partial charge >= 0.3 is 0 Å². The number of aldehydes is 1. The lowest BCUT2D eigenvalue weighted by Crippen LogP contribution is -2.36. The fraction of sp³-hybridized carbons (Fsp3) is 0.833. The Morgan fingerprint density at radius 2 is 2.00 bits per heavy atom. The summed E-state index contributed by atoms with van der Waals surface area (Å²) in [5.74, 6) is -0.497. The molecule has 0 heterocycles. The van der Waals surface area contributed by atoms with Gasteiger partial charge in [0.2, 0.25) is 0 Å². The molecular weight excluding hydrogens is 182 g/mol. The van der Waals surface area contributed by atoms with Gasteiger partial charge in [-0.1, -0.05) is 0 Å². The molecule has 0 radical (unpaired) electrons. The van der Waals surface area contributed by atoms with Gasteiger partial charge in [0.1, 0.15) is 12.2 Å². The van der Waals surface area contributed by atoms with Gasteiger partial charge in [0.05, 0.1) is 6.54 Å². The maximum atomic E-state index is 10.4. The van der Waals surface area contributed by atoms with Crippen molar-refractivity contribution in [3.63, 3.8) is 0 Å². The molecule has 0 amide bonds. The van der Waals surface area contributed by atoms with E-state index in [9.17, 15) is 13.2 Å². The van der Waals surface area contributed by atoms with Gasteiger partial charge in [-0.2, -0.15) is 8.42 Å². The van der Waals surface area contributed by atoms with E-state index in [2.05, 4.69) is 0 Å². The lowest BCUT2D eigenvalue weighted by atomic mass is 10.3. The minimum absolute atomic E-state index is 0.0114. The van der Waals surface area contributed by atoms with Crippen LogP contribution in [0.2, 0.25) is 0 Å². The second kappa shape index (κ2) is 4.54. The molecule has 0 fully saturated rings. The Morgan fingerprint density at radius 1 is 1.50 bits per heavy atom. The second-order valence-corrected chi connectivity index (χ2v) is 4.16. The van der Waals surface area contributed by atoms with Crippen molar-refractivity contribution in [3.05, 3.63) is 0 Å². The molecule has 0 aliphatic rings. The highest BCUT2D eigenvalue weighted by molar-refractivity contribution is 7.85. The first-order valence-electron chi connectivity index (χ1n) is 3.49. The molecule has 6 heteroatoms. The van der Waals surface area contributed by atoms with Crippen LogP contribution in [-0.2, 0) is 14.9 Å². The van der Waals surface area contributed by atoms with Crippen molar-refractivity contribution in [2.75, 3.05) is 12.4 Å². The van der Waals surface area contributed by atoms with Crippen LogP contribution in [0.1, 0.15) is 13.8 Å². The molecule has 0 aliphatic heterocycles. The van der Waals surface area contributed by atoms with Crippen LogP contribution in [0.5, 0.6) is 0 Å². The molecule has 0 rings (SSSR count). The first-order valence-corrected chi connectivity index (χ1v) is 5.10. The van der Waals surface area contributed by atoms with Crippen LogP contribution in [0.4, 0.5) is 0 Å². The van der Waals surface area contributed by atoms with E-state index < -0.39 is 16.0 Å². The molecule has 0 saturated carbocycles. The van der Waals surface area contributed by atoms with E-state index in [1.54, 1.807) is 13.8 Å². The summed E-state index contributed by atoms with van der Waals surface area (Å²) in [5.41, 5.74) is 0. The Morgan fingerprint density at radius 3 is 2.25 bits per heavy atom. The van der Waals surface area contributed by atoms with Crippen molar-refractivity contribution in [1.29, 1.82) is 0 Å². The summed E-state index contributed by atoms with van der Waals surface area (Å²) in [4.78, 5) is 11.4. The highest BCUT2D eigenvalue weighted by Crippen LogP contribution is 1.98. The Bertz CT molecular complexity index is 234. The van der Waals surface area contributed by atoms with Gasteiger partial charge in [0, 0.05) is 6.04 Å². The molecule has 1 N–H and O–H groups in total. The summed E-state index contributed by atoms with van der Waals surface area (Å²) in [6.07, 6.45) is 0.602. The smallest absolute Gasteiger partial charge is 0.278 e. The molecule has 0 aliphatic carbocycles. The van der Waals surface area contributed by atoms with Crippen LogP contribution in [0, 0.1) is 0 Å². The number of nitrogens with zero attached hydrogens (tertiary/aromatic N) is 1. The van der Waals surface area contributed by atoms with Crippen LogP contribution in [-0.4, -0.2) is 42.6 Å². The van der Waals surface area contributed by atoms with E-state index >= 15 is 0 Å². The summed E-state index contributed by atoms with van der Waals surface area (Å²) in [6, 6.07) is -0.0860. The van der Waals surface area contributed by atoms with Crippen molar-refractivity contribution in [3.8, 4) is 0 Å². The fourth-order valence-electron chi connectivity index (χ4n) is 0.718. The number of carbonyl (C=O) groups excluding carboxylic acids is 1. The third-order valence-electron chi connectivity index (χ3n) is 1.37. The minimum Gasteiger partial charge on any atom is -0.302 e. The van der Waals surface area contributed by atoms with Crippen molar-refractivity contribution < 1.29 is 17.8 Å². The summed E-state index contributed by atoms with van der Waals surface area (Å²) in [7, 11) is -4.02. The molecule has 0 aromatic rings. The first-order chi connectivity index (χ1) is 5.37. The van der Waals surface area contributed by atoms with E-state index in [0.29, 0.717) is 6.29 Å². The van der Waals surface area contributed by atoms with Gasteiger partial charge < -0.3 is 4.79 Å². The Labute approximate surface area is 72.1 Å². The van der Waals surface area contributed by atoms with E-state index in [-0.39, 0.29) is 12.6 Å². The number of hydrogen-bond donors (Lipinski definition) is 1. The lowest BCUT2D eigenvalue weighted by molar-refractivity contribution is -0.109. The van der Waals surface area contributed by atoms with Crippen LogP contribution in [0.25, 0.3) is 0 Å². The van der Waals surface area contributed by atoms with Gasteiger partial charge in [0.25, 0.3) is 10.1 Å². The van der Waals surface area contributed by atoms with Gasteiger partial charge in [-0.05, 0) is 13.8 Å². The fourth-order valence-corrected chi connectivity index (χ4v) is 1.54. The van der Waals surface area contributed by atoms with Crippen LogP contribution < -0.4 is 0 Å². The standard InChI is InChI=1S/C6H13NO4S/c1-6(2)7(3-4-8)5-12(9,10)11/h4,6H,3,5H2,1-2H3,(H,9,10,11). The van der Waals surface area contributed by atoms with Gasteiger partial charge in [-0.3, -0.25) is 9.45 Å². The highest BCUT2D eigenvalue weighted by Gasteiger charge is 2.15. The molecule has 0 saturated heterocycles. The highest BCUT2D eigenvalue weighted by atomic mass is 32.2. The third-order valence-corrected chi connectivity index (χ3v) is 2.03. The molecule has 72 valence electrons. The number of carbonyl (C=O) groups is 1. The number of hydrogen-bond acceptors (Lipinski definition) is 4. The van der Waals surface area contributed by atoms with Gasteiger partial charge in [0.15, 0.2) is 0 Å². The predicted octanol–water partition coefficient (Wildman–Crippen LogP) is -0.259. The molecule has 5 nitrogen and oxygen atoms in total. The van der Waals surface area contributed by atoms with E-state index in [0.717, 1.165) is 0 Å². The van der Waals surface area contributed by atoms with Crippen molar-refractivity contribution >= 4 is 16.4 Å². The van der Waals surface area contributed by atoms with Crippen molar-refractivity contribution in [1.82, 2.24) is 4.90 Å². The largest absolute Gasteiger partial charge is 0.302 e. The average Bonchev–Trinajstić information content (AvgIpc) is 1.83. The zero-order valence-corrected chi connectivity index (χ0v) is 7.91. The summed E-state index contributed by atoms with van der Waals surface area (Å²) in [5, 5.41) is 0. The maximum Gasteiger partial charge on any atom is 0.278 e. The molecule has 0 unspecified atom stereocenters. The normalized spacial score (nSPS) is 12.4. The molecule has 0 atom stereocenters. The second-order valence-electron chi connectivity index (χ2n) is 2.74. The van der Waals surface area contributed by atoms with Crippen molar-refractivity contribution in [2.24, 2.45) is 0 Å². The quantitative estimate of drug-likeness (QED) is 0.483.